The van der Waals surface area contributed by atoms with Crippen LogP contribution in [0.15, 0.2) is 16.5 Å². The van der Waals surface area contributed by atoms with Crippen molar-refractivity contribution < 1.29 is 19.4 Å². The van der Waals surface area contributed by atoms with E-state index < -0.39 is 11.4 Å². The van der Waals surface area contributed by atoms with Crippen LogP contribution in [0.2, 0.25) is 0 Å². The third kappa shape index (κ3) is 2.62. The van der Waals surface area contributed by atoms with Crippen LogP contribution in [0.5, 0.6) is 0 Å². The number of carbonyl (C=O) groups is 1. The summed E-state index contributed by atoms with van der Waals surface area (Å²) >= 11 is 0. The third-order valence-corrected chi connectivity index (χ3v) is 2.62. The summed E-state index contributed by atoms with van der Waals surface area (Å²) in [6, 6.07) is 3.24. The molecule has 0 saturated heterocycles. The Morgan fingerprint density at radius 3 is 2.44 bits per heavy atom. The molecule has 5 nitrogen and oxygen atoms in total. The monoisotopic (exact) mass is 227 g/mol. The number of carbonyl (C=O) groups excluding carboxylic acids is 1. The lowest BCUT2D eigenvalue weighted by Crippen LogP contribution is -2.53. The van der Waals surface area contributed by atoms with Gasteiger partial charge in [0.15, 0.2) is 5.76 Å². The first-order chi connectivity index (χ1) is 7.56. The van der Waals surface area contributed by atoms with E-state index in [1.807, 2.05) is 0 Å². The van der Waals surface area contributed by atoms with Crippen LogP contribution in [-0.2, 0) is 0 Å². The molecule has 0 bridgehead atoms. The van der Waals surface area contributed by atoms with Gasteiger partial charge in [-0.3, -0.25) is 4.79 Å². The fourth-order valence-electron chi connectivity index (χ4n) is 1.30. The molecule has 90 valence electrons. The number of nitrogens with one attached hydrogen (secondary N) is 1. The van der Waals surface area contributed by atoms with Crippen molar-refractivity contribution in [2.45, 2.75) is 25.8 Å². The van der Waals surface area contributed by atoms with Crippen molar-refractivity contribution in [3.05, 3.63) is 23.7 Å². The van der Waals surface area contributed by atoms with Crippen molar-refractivity contribution in [3.63, 3.8) is 0 Å². The van der Waals surface area contributed by atoms with Gasteiger partial charge in [0.2, 0.25) is 0 Å². The SMILES string of the molecule is CCC(CO)(CO)NC(=O)c1ccc(C)o1. The maximum atomic E-state index is 11.7. The number of amides is 1. The highest BCUT2D eigenvalue weighted by atomic mass is 16.3. The minimum Gasteiger partial charge on any atom is -0.456 e. The Kier molecular flexibility index (Phi) is 4.09. The fraction of sp³-hybridized carbons (Fsp3) is 0.545. The first-order valence-corrected chi connectivity index (χ1v) is 5.17. The summed E-state index contributed by atoms with van der Waals surface area (Å²) in [6.45, 7) is 2.89. The Morgan fingerprint density at radius 1 is 1.44 bits per heavy atom. The number of aliphatic hydroxyl groups is 2. The topological polar surface area (TPSA) is 82.7 Å². The van der Waals surface area contributed by atoms with Crippen molar-refractivity contribution in [3.8, 4) is 0 Å². The van der Waals surface area contributed by atoms with Gasteiger partial charge in [-0.05, 0) is 25.5 Å². The molecule has 0 fully saturated rings. The average molecular weight is 227 g/mol. The average Bonchev–Trinajstić information content (AvgIpc) is 2.73. The lowest BCUT2D eigenvalue weighted by Gasteiger charge is -2.29. The molecule has 0 saturated carbocycles. The Bertz CT molecular complexity index is 346. The van der Waals surface area contributed by atoms with Gasteiger partial charge in [0.25, 0.3) is 5.91 Å². The second-order valence-electron chi connectivity index (χ2n) is 3.81. The number of rotatable bonds is 5. The molecule has 1 rings (SSSR count). The Hall–Kier alpha value is -1.33. The van der Waals surface area contributed by atoms with Crippen molar-refractivity contribution in [2.24, 2.45) is 0 Å². The molecular weight excluding hydrogens is 210 g/mol. The molecule has 16 heavy (non-hydrogen) atoms. The van der Waals surface area contributed by atoms with E-state index in [1.165, 1.54) is 0 Å². The van der Waals surface area contributed by atoms with Gasteiger partial charge in [-0.15, -0.1) is 0 Å². The first-order valence-electron chi connectivity index (χ1n) is 5.17. The molecule has 1 aromatic rings. The van der Waals surface area contributed by atoms with E-state index in [4.69, 9.17) is 4.42 Å². The summed E-state index contributed by atoms with van der Waals surface area (Å²) in [5.41, 5.74) is -0.988. The van der Waals surface area contributed by atoms with Crippen LogP contribution < -0.4 is 5.32 Å². The molecule has 0 aliphatic carbocycles. The predicted molar refractivity (Wildman–Crippen MR) is 58.1 cm³/mol. The van der Waals surface area contributed by atoms with Crippen LogP contribution in [0.3, 0.4) is 0 Å². The summed E-state index contributed by atoms with van der Waals surface area (Å²) in [6.07, 6.45) is 0.436. The number of furan rings is 1. The minimum atomic E-state index is -0.988. The van der Waals surface area contributed by atoms with Gasteiger partial charge < -0.3 is 19.9 Å². The molecular formula is C11H17NO4. The zero-order chi connectivity index (χ0) is 12.2. The molecule has 0 aromatic carbocycles. The van der Waals surface area contributed by atoms with Gasteiger partial charge in [0.1, 0.15) is 5.76 Å². The van der Waals surface area contributed by atoms with Gasteiger partial charge in [0, 0.05) is 0 Å². The van der Waals surface area contributed by atoms with Gasteiger partial charge in [-0.1, -0.05) is 6.92 Å². The van der Waals surface area contributed by atoms with Crippen LogP contribution >= 0.6 is 0 Å². The van der Waals surface area contributed by atoms with E-state index in [9.17, 15) is 15.0 Å². The Morgan fingerprint density at radius 2 is 2.06 bits per heavy atom. The van der Waals surface area contributed by atoms with Crippen molar-refractivity contribution >= 4 is 5.91 Å². The lowest BCUT2D eigenvalue weighted by atomic mass is 9.98. The summed E-state index contributed by atoms with van der Waals surface area (Å²) < 4.78 is 5.15. The van der Waals surface area contributed by atoms with Crippen LogP contribution in [0, 0.1) is 6.92 Å². The van der Waals surface area contributed by atoms with E-state index in [1.54, 1.807) is 26.0 Å². The number of aryl methyl sites for hydroxylation is 1. The number of hydrogen-bond acceptors (Lipinski definition) is 4. The second kappa shape index (κ2) is 5.14. The van der Waals surface area contributed by atoms with Crippen LogP contribution in [0.1, 0.15) is 29.7 Å². The summed E-state index contributed by atoms with van der Waals surface area (Å²) in [5.74, 6) is 0.385. The molecule has 0 spiro atoms. The molecule has 1 heterocycles. The minimum absolute atomic E-state index is 0.178. The third-order valence-electron chi connectivity index (χ3n) is 2.62. The van der Waals surface area contributed by atoms with Gasteiger partial charge in [-0.2, -0.15) is 0 Å². The zero-order valence-corrected chi connectivity index (χ0v) is 9.49. The highest BCUT2D eigenvalue weighted by molar-refractivity contribution is 5.92. The molecule has 0 aliphatic rings. The largest absolute Gasteiger partial charge is 0.456 e. The highest BCUT2D eigenvalue weighted by Gasteiger charge is 2.29. The van der Waals surface area contributed by atoms with Crippen molar-refractivity contribution in [1.82, 2.24) is 5.32 Å². The summed E-state index contributed by atoms with van der Waals surface area (Å²) in [7, 11) is 0. The zero-order valence-electron chi connectivity index (χ0n) is 9.49. The molecule has 5 heteroatoms. The molecule has 0 radical (unpaired) electrons. The van der Waals surface area contributed by atoms with Crippen LogP contribution in [0.25, 0.3) is 0 Å². The Balaban J connectivity index is 2.76. The lowest BCUT2D eigenvalue weighted by molar-refractivity contribution is 0.0631. The molecule has 3 N–H and O–H groups in total. The number of hydrogen-bond donors (Lipinski definition) is 3. The van der Waals surface area contributed by atoms with E-state index in [2.05, 4.69) is 5.32 Å². The van der Waals surface area contributed by atoms with Crippen LogP contribution in [0.4, 0.5) is 0 Å². The fourth-order valence-corrected chi connectivity index (χ4v) is 1.30. The molecule has 1 aromatic heterocycles. The molecule has 0 atom stereocenters. The molecule has 1 amide bonds. The summed E-state index contributed by atoms with van der Waals surface area (Å²) in [4.78, 5) is 11.7. The van der Waals surface area contributed by atoms with Crippen molar-refractivity contribution in [2.75, 3.05) is 13.2 Å². The maximum Gasteiger partial charge on any atom is 0.287 e. The van der Waals surface area contributed by atoms with Crippen LogP contribution in [-0.4, -0.2) is 34.9 Å². The molecule has 0 unspecified atom stereocenters. The smallest absolute Gasteiger partial charge is 0.287 e. The summed E-state index contributed by atoms with van der Waals surface area (Å²) in [5, 5.41) is 20.9. The molecule has 0 aliphatic heterocycles. The van der Waals surface area contributed by atoms with E-state index in [0.29, 0.717) is 12.2 Å². The van der Waals surface area contributed by atoms with Crippen molar-refractivity contribution in [1.29, 1.82) is 0 Å². The standard InChI is InChI=1S/C11H17NO4/c1-3-11(6-13,7-14)12-10(15)9-5-4-8(2)16-9/h4-5,13-14H,3,6-7H2,1-2H3,(H,12,15). The van der Waals surface area contributed by atoms with Gasteiger partial charge in [-0.25, -0.2) is 0 Å². The van der Waals surface area contributed by atoms with E-state index in [-0.39, 0.29) is 19.0 Å². The highest BCUT2D eigenvalue weighted by Crippen LogP contribution is 2.12. The number of aliphatic hydroxyl groups excluding tert-OH is 2. The quantitative estimate of drug-likeness (QED) is 0.682. The van der Waals surface area contributed by atoms with Gasteiger partial charge >= 0.3 is 0 Å². The Labute approximate surface area is 94.1 Å². The first kappa shape index (κ1) is 12.7. The second-order valence-corrected chi connectivity index (χ2v) is 3.81. The maximum absolute atomic E-state index is 11.7. The van der Waals surface area contributed by atoms with E-state index in [0.717, 1.165) is 0 Å². The predicted octanol–water partition coefficient (Wildman–Crippen LogP) is 0.451. The van der Waals surface area contributed by atoms with Gasteiger partial charge in [0.05, 0.1) is 18.8 Å². The normalized spacial score (nSPS) is 11.5. The van der Waals surface area contributed by atoms with E-state index >= 15 is 0 Å².